The third kappa shape index (κ3) is 3.98. The molecule has 0 aromatic carbocycles. The summed E-state index contributed by atoms with van der Waals surface area (Å²) in [5.74, 6) is 1.03. The molecule has 2 rings (SSSR count). The van der Waals surface area contributed by atoms with E-state index < -0.39 is 0 Å². The number of carbonyl (C=O) groups excluding carboxylic acids is 1. The first kappa shape index (κ1) is 13.9. The van der Waals surface area contributed by atoms with Gasteiger partial charge in [0.1, 0.15) is 0 Å². The van der Waals surface area contributed by atoms with Crippen LogP contribution >= 0.6 is 0 Å². The van der Waals surface area contributed by atoms with Crippen LogP contribution in [0.3, 0.4) is 0 Å². The van der Waals surface area contributed by atoms with Crippen molar-refractivity contribution in [2.24, 2.45) is 5.92 Å². The van der Waals surface area contributed by atoms with Gasteiger partial charge in [0.15, 0.2) is 0 Å². The molecular weight excluding hydrogens is 224 g/mol. The highest BCUT2D eigenvalue weighted by Crippen LogP contribution is 2.19. The van der Waals surface area contributed by atoms with Crippen LogP contribution in [0.4, 0.5) is 0 Å². The molecule has 1 amide bonds. The van der Waals surface area contributed by atoms with Gasteiger partial charge in [0.2, 0.25) is 5.91 Å². The van der Waals surface area contributed by atoms with E-state index in [-0.39, 0.29) is 0 Å². The van der Waals surface area contributed by atoms with E-state index in [1.165, 1.54) is 44.9 Å². The number of nitrogens with zero attached hydrogens (tertiary/aromatic N) is 1. The molecule has 2 saturated heterocycles. The van der Waals surface area contributed by atoms with Gasteiger partial charge in [-0.25, -0.2) is 0 Å². The normalized spacial score (nSPS) is 30.6. The summed E-state index contributed by atoms with van der Waals surface area (Å²) >= 11 is 0. The smallest absolute Gasteiger partial charge is 0.224 e. The first-order chi connectivity index (χ1) is 8.77. The van der Waals surface area contributed by atoms with Crippen molar-refractivity contribution in [3.05, 3.63) is 0 Å². The molecule has 3 heteroatoms. The molecule has 2 aliphatic rings. The van der Waals surface area contributed by atoms with Gasteiger partial charge < -0.3 is 10.2 Å². The maximum atomic E-state index is 12.4. The van der Waals surface area contributed by atoms with E-state index in [4.69, 9.17) is 0 Å². The van der Waals surface area contributed by atoms with E-state index in [1.54, 1.807) is 0 Å². The second-order valence-corrected chi connectivity index (χ2v) is 6.03. The maximum absolute atomic E-state index is 12.4. The van der Waals surface area contributed by atoms with Crippen molar-refractivity contribution in [3.63, 3.8) is 0 Å². The summed E-state index contributed by atoms with van der Waals surface area (Å²) in [5, 5.41) is 3.52. The average molecular weight is 252 g/mol. The monoisotopic (exact) mass is 252 g/mol. The van der Waals surface area contributed by atoms with Crippen LogP contribution in [0.2, 0.25) is 0 Å². The number of piperidine rings is 1. The zero-order valence-electron chi connectivity index (χ0n) is 11.8. The molecule has 2 aliphatic heterocycles. The molecule has 2 atom stereocenters. The summed E-state index contributed by atoms with van der Waals surface area (Å²) in [6.07, 6.45) is 9.56. The Morgan fingerprint density at radius 3 is 2.44 bits per heavy atom. The summed E-state index contributed by atoms with van der Waals surface area (Å²) < 4.78 is 0. The third-order valence-corrected chi connectivity index (χ3v) is 4.53. The highest BCUT2D eigenvalue weighted by Gasteiger charge is 2.25. The molecule has 0 aromatic rings. The van der Waals surface area contributed by atoms with E-state index >= 15 is 0 Å². The van der Waals surface area contributed by atoms with Gasteiger partial charge in [0, 0.05) is 25.6 Å². The Hall–Kier alpha value is -0.570. The van der Waals surface area contributed by atoms with E-state index in [2.05, 4.69) is 17.1 Å². The maximum Gasteiger partial charge on any atom is 0.224 e. The van der Waals surface area contributed by atoms with Crippen LogP contribution in [0, 0.1) is 5.92 Å². The van der Waals surface area contributed by atoms with Gasteiger partial charge in [-0.2, -0.15) is 0 Å². The van der Waals surface area contributed by atoms with E-state index in [0.717, 1.165) is 19.6 Å². The van der Waals surface area contributed by atoms with Gasteiger partial charge >= 0.3 is 0 Å². The minimum absolute atomic E-state index is 0.378. The standard InChI is InChI=1S/C15H28N2O/c1-13-8-7-9-16-14(13)12-15(18)17-10-5-3-2-4-6-11-17/h13-14,16H,2-12H2,1H3. The minimum atomic E-state index is 0.378. The molecule has 0 bridgehead atoms. The molecule has 18 heavy (non-hydrogen) atoms. The zero-order valence-corrected chi connectivity index (χ0v) is 11.8. The molecule has 0 radical (unpaired) electrons. The molecule has 0 spiro atoms. The van der Waals surface area contributed by atoms with Crippen LogP contribution in [0.1, 0.15) is 58.3 Å². The fourth-order valence-corrected chi connectivity index (χ4v) is 3.20. The first-order valence-electron chi connectivity index (χ1n) is 7.78. The topological polar surface area (TPSA) is 32.3 Å². The Bertz CT molecular complexity index is 259. The fourth-order valence-electron chi connectivity index (χ4n) is 3.20. The third-order valence-electron chi connectivity index (χ3n) is 4.53. The number of nitrogens with one attached hydrogen (secondary N) is 1. The Kier molecular flexibility index (Phi) is 5.48. The van der Waals surface area contributed by atoms with Crippen molar-refractivity contribution < 1.29 is 4.79 Å². The lowest BCUT2D eigenvalue weighted by molar-refractivity contribution is -0.132. The second kappa shape index (κ2) is 7.13. The predicted molar refractivity (Wildman–Crippen MR) is 74.5 cm³/mol. The highest BCUT2D eigenvalue weighted by atomic mass is 16.2. The van der Waals surface area contributed by atoms with Gasteiger partial charge in [0.25, 0.3) is 0 Å². The van der Waals surface area contributed by atoms with E-state index in [1.807, 2.05) is 0 Å². The SMILES string of the molecule is CC1CCCNC1CC(=O)N1CCCCCCC1. The Labute approximate surface area is 111 Å². The van der Waals surface area contributed by atoms with Crippen LogP contribution in [-0.2, 0) is 4.79 Å². The van der Waals surface area contributed by atoms with Crippen molar-refractivity contribution in [1.29, 1.82) is 0 Å². The molecule has 104 valence electrons. The average Bonchev–Trinajstić information content (AvgIpc) is 2.31. The molecular formula is C15H28N2O. The predicted octanol–water partition coefficient (Wildman–Crippen LogP) is 2.56. The molecule has 3 nitrogen and oxygen atoms in total. The van der Waals surface area contributed by atoms with Gasteiger partial charge in [-0.05, 0) is 38.1 Å². The van der Waals surface area contributed by atoms with Crippen molar-refractivity contribution in [2.45, 2.75) is 64.3 Å². The van der Waals surface area contributed by atoms with Crippen LogP contribution in [0.5, 0.6) is 0 Å². The van der Waals surface area contributed by atoms with Gasteiger partial charge in [0.05, 0.1) is 0 Å². The lowest BCUT2D eigenvalue weighted by Crippen LogP contribution is -2.45. The van der Waals surface area contributed by atoms with Crippen molar-refractivity contribution in [1.82, 2.24) is 10.2 Å². The summed E-state index contributed by atoms with van der Waals surface area (Å²) in [6, 6.07) is 0.414. The van der Waals surface area contributed by atoms with Crippen LogP contribution in [0.25, 0.3) is 0 Å². The van der Waals surface area contributed by atoms with Gasteiger partial charge in [-0.1, -0.05) is 26.2 Å². The largest absolute Gasteiger partial charge is 0.343 e. The Morgan fingerprint density at radius 1 is 1.11 bits per heavy atom. The minimum Gasteiger partial charge on any atom is -0.343 e. The number of amides is 1. The second-order valence-electron chi connectivity index (χ2n) is 6.03. The number of carbonyl (C=O) groups is 1. The lowest BCUT2D eigenvalue weighted by atomic mass is 9.90. The molecule has 2 heterocycles. The Morgan fingerprint density at radius 2 is 1.78 bits per heavy atom. The quantitative estimate of drug-likeness (QED) is 0.819. The van der Waals surface area contributed by atoms with Crippen LogP contribution in [0.15, 0.2) is 0 Å². The lowest BCUT2D eigenvalue weighted by Gasteiger charge is -2.32. The first-order valence-corrected chi connectivity index (χ1v) is 7.78. The highest BCUT2D eigenvalue weighted by molar-refractivity contribution is 5.76. The van der Waals surface area contributed by atoms with Crippen molar-refractivity contribution >= 4 is 5.91 Å². The summed E-state index contributed by atoms with van der Waals surface area (Å²) in [4.78, 5) is 14.5. The molecule has 0 saturated carbocycles. The van der Waals surface area contributed by atoms with Crippen molar-refractivity contribution in [3.8, 4) is 0 Å². The molecule has 1 N–H and O–H groups in total. The van der Waals surface area contributed by atoms with Gasteiger partial charge in [-0.3, -0.25) is 4.79 Å². The number of rotatable bonds is 2. The molecule has 0 aromatic heterocycles. The summed E-state index contributed by atoms with van der Waals surface area (Å²) in [6.45, 7) is 5.33. The molecule has 2 fully saturated rings. The number of hydrogen-bond donors (Lipinski definition) is 1. The molecule has 0 aliphatic carbocycles. The van der Waals surface area contributed by atoms with Crippen molar-refractivity contribution in [2.75, 3.05) is 19.6 Å². The van der Waals surface area contributed by atoms with E-state index in [0.29, 0.717) is 24.3 Å². The Balaban J connectivity index is 1.81. The zero-order chi connectivity index (χ0) is 12.8. The van der Waals surface area contributed by atoms with Gasteiger partial charge in [-0.15, -0.1) is 0 Å². The fraction of sp³-hybridized carbons (Fsp3) is 0.933. The van der Waals surface area contributed by atoms with E-state index in [9.17, 15) is 4.79 Å². The van der Waals surface area contributed by atoms with Crippen LogP contribution < -0.4 is 5.32 Å². The summed E-state index contributed by atoms with van der Waals surface area (Å²) in [5.41, 5.74) is 0. The summed E-state index contributed by atoms with van der Waals surface area (Å²) in [7, 11) is 0. The molecule has 2 unspecified atom stereocenters. The number of hydrogen-bond acceptors (Lipinski definition) is 2. The van der Waals surface area contributed by atoms with Crippen LogP contribution in [-0.4, -0.2) is 36.5 Å². The number of likely N-dealkylation sites (tertiary alicyclic amines) is 1.